The van der Waals surface area contributed by atoms with Gasteiger partial charge in [-0.15, -0.1) is 0 Å². The Kier molecular flexibility index (Phi) is 4.72. The summed E-state index contributed by atoms with van der Waals surface area (Å²) in [6.07, 6.45) is 6.27. The summed E-state index contributed by atoms with van der Waals surface area (Å²) in [4.78, 5) is 0. The molecule has 0 heterocycles. The highest BCUT2D eigenvalue weighted by Crippen LogP contribution is 2.32. The molecule has 1 aliphatic carbocycles. The van der Waals surface area contributed by atoms with Gasteiger partial charge >= 0.3 is 0 Å². The van der Waals surface area contributed by atoms with Crippen LogP contribution in [0.4, 0.5) is 0 Å². The number of hydrogen-bond donors (Lipinski definition) is 1. The average Bonchev–Trinajstić information content (AvgIpc) is 2.35. The molecular weight excluding hydrogens is 253 g/mol. The summed E-state index contributed by atoms with van der Waals surface area (Å²) >= 11 is 12.3. The van der Waals surface area contributed by atoms with Crippen LogP contribution >= 0.6 is 23.2 Å². The van der Waals surface area contributed by atoms with Gasteiger partial charge < -0.3 is 5.32 Å². The molecule has 1 saturated carbocycles. The van der Waals surface area contributed by atoms with E-state index in [2.05, 4.69) is 18.4 Å². The van der Waals surface area contributed by atoms with Crippen molar-refractivity contribution >= 4 is 23.2 Å². The second-order valence-electron chi connectivity index (χ2n) is 4.86. The van der Waals surface area contributed by atoms with E-state index in [1.807, 2.05) is 12.1 Å². The van der Waals surface area contributed by atoms with E-state index in [-0.39, 0.29) is 0 Å². The minimum absolute atomic E-state index is 0.624. The second kappa shape index (κ2) is 6.08. The predicted molar refractivity (Wildman–Crippen MR) is 75.0 cm³/mol. The van der Waals surface area contributed by atoms with Crippen LogP contribution in [0.25, 0.3) is 0 Å². The van der Waals surface area contributed by atoms with Gasteiger partial charge in [-0.25, -0.2) is 0 Å². The highest BCUT2D eigenvalue weighted by molar-refractivity contribution is 6.42. The Morgan fingerprint density at radius 3 is 2.76 bits per heavy atom. The van der Waals surface area contributed by atoms with E-state index in [1.54, 1.807) is 0 Å². The molecule has 3 heteroatoms. The van der Waals surface area contributed by atoms with Crippen molar-refractivity contribution < 1.29 is 0 Å². The molecule has 0 aromatic heterocycles. The molecule has 0 bridgehead atoms. The van der Waals surface area contributed by atoms with Gasteiger partial charge in [-0.05, 0) is 43.9 Å². The molecule has 1 aromatic carbocycles. The van der Waals surface area contributed by atoms with Gasteiger partial charge in [-0.1, -0.05) is 48.2 Å². The molecule has 1 fully saturated rings. The fraction of sp³-hybridized carbons (Fsp3) is 0.571. The number of halogens is 2. The van der Waals surface area contributed by atoms with E-state index in [9.17, 15) is 0 Å². The van der Waals surface area contributed by atoms with Crippen LogP contribution in [0.15, 0.2) is 18.2 Å². The van der Waals surface area contributed by atoms with Crippen LogP contribution in [-0.4, -0.2) is 13.1 Å². The maximum atomic E-state index is 6.25. The van der Waals surface area contributed by atoms with Crippen molar-refractivity contribution in [1.82, 2.24) is 5.32 Å². The topological polar surface area (TPSA) is 12.0 Å². The van der Waals surface area contributed by atoms with Crippen molar-refractivity contribution in [3.63, 3.8) is 0 Å². The number of rotatable bonds is 3. The van der Waals surface area contributed by atoms with Crippen molar-refractivity contribution in [2.24, 2.45) is 5.92 Å². The third kappa shape index (κ3) is 3.15. The van der Waals surface area contributed by atoms with Gasteiger partial charge in [0.1, 0.15) is 0 Å². The molecule has 0 amide bonds. The van der Waals surface area contributed by atoms with E-state index in [1.165, 1.54) is 31.2 Å². The first-order chi connectivity index (χ1) is 8.22. The van der Waals surface area contributed by atoms with Gasteiger partial charge in [-0.2, -0.15) is 0 Å². The van der Waals surface area contributed by atoms with Crippen molar-refractivity contribution in [2.45, 2.75) is 38.1 Å². The van der Waals surface area contributed by atoms with Crippen LogP contribution in [0.3, 0.4) is 0 Å². The summed E-state index contributed by atoms with van der Waals surface area (Å²) < 4.78 is 0. The first-order valence-electron chi connectivity index (χ1n) is 6.32. The minimum Gasteiger partial charge on any atom is -0.317 e. The van der Waals surface area contributed by atoms with Gasteiger partial charge in [0.15, 0.2) is 0 Å². The van der Waals surface area contributed by atoms with E-state index < -0.39 is 0 Å². The maximum Gasteiger partial charge on any atom is 0.0624 e. The Bertz CT molecular complexity index is 378. The molecule has 1 N–H and O–H groups in total. The fourth-order valence-corrected chi connectivity index (χ4v) is 3.22. The molecule has 0 radical (unpaired) electrons. The van der Waals surface area contributed by atoms with E-state index in [4.69, 9.17) is 23.2 Å². The molecule has 0 aliphatic heterocycles. The largest absolute Gasteiger partial charge is 0.317 e. The average molecular weight is 272 g/mol. The summed E-state index contributed by atoms with van der Waals surface area (Å²) in [5.41, 5.74) is 1.19. The fourth-order valence-electron chi connectivity index (χ4n) is 2.82. The normalized spacial score (nSPS) is 24.9. The molecule has 94 valence electrons. The van der Waals surface area contributed by atoms with Crippen molar-refractivity contribution in [2.75, 3.05) is 7.05 Å². The van der Waals surface area contributed by atoms with Gasteiger partial charge in [-0.3, -0.25) is 0 Å². The van der Waals surface area contributed by atoms with Crippen LogP contribution in [-0.2, 0) is 6.42 Å². The summed E-state index contributed by atoms with van der Waals surface area (Å²) in [6, 6.07) is 6.55. The summed E-state index contributed by atoms with van der Waals surface area (Å²) in [5.74, 6) is 0.685. The predicted octanol–water partition coefficient (Wildman–Crippen LogP) is 4.31. The Morgan fingerprint density at radius 1 is 1.24 bits per heavy atom. The number of hydrogen-bond acceptors (Lipinski definition) is 1. The molecule has 0 saturated heterocycles. The summed E-state index contributed by atoms with van der Waals surface area (Å²) in [7, 11) is 2.06. The lowest BCUT2D eigenvalue weighted by Gasteiger charge is -2.31. The number of benzene rings is 1. The lowest BCUT2D eigenvalue weighted by atomic mass is 9.81. The highest BCUT2D eigenvalue weighted by Gasteiger charge is 2.24. The van der Waals surface area contributed by atoms with Crippen LogP contribution in [0.2, 0.25) is 10.0 Å². The van der Waals surface area contributed by atoms with Gasteiger partial charge in [0.05, 0.1) is 10.0 Å². The summed E-state index contributed by atoms with van der Waals surface area (Å²) in [5, 5.41) is 4.83. The molecule has 2 rings (SSSR count). The summed E-state index contributed by atoms with van der Waals surface area (Å²) in [6.45, 7) is 0. The van der Waals surface area contributed by atoms with Crippen LogP contribution in [0.5, 0.6) is 0 Å². The minimum atomic E-state index is 0.624. The SMILES string of the molecule is CNC1CCCCC1Cc1cccc(Cl)c1Cl. The van der Waals surface area contributed by atoms with Crippen molar-refractivity contribution in [3.8, 4) is 0 Å². The van der Waals surface area contributed by atoms with Crippen LogP contribution < -0.4 is 5.32 Å². The Hall–Kier alpha value is -0.240. The van der Waals surface area contributed by atoms with Crippen LogP contribution in [0, 0.1) is 5.92 Å². The van der Waals surface area contributed by atoms with E-state index >= 15 is 0 Å². The zero-order valence-corrected chi connectivity index (χ0v) is 11.7. The Morgan fingerprint density at radius 2 is 2.00 bits per heavy atom. The Balaban J connectivity index is 2.11. The molecule has 0 spiro atoms. The zero-order chi connectivity index (χ0) is 12.3. The Labute approximate surface area is 114 Å². The lowest BCUT2D eigenvalue weighted by molar-refractivity contribution is 0.273. The smallest absolute Gasteiger partial charge is 0.0624 e. The second-order valence-corrected chi connectivity index (χ2v) is 5.64. The first kappa shape index (κ1) is 13.2. The van der Waals surface area contributed by atoms with Gasteiger partial charge in [0.25, 0.3) is 0 Å². The lowest BCUT2D eigenvalue weighted by Crippen LogP contribution is -2.37. The monoisotopic (exact) mass is 271 g/mol. The first-order valence-corrected chi connectivity index (χ1v) is 7.08. The standard InChI is InChI=1S/C14H19Cl2N/c1-17-13-8-3-2-5-10(13)9-11-6-4-7-12(15)14(11)16/h4,6-7,10,13,17H,2-3,5,8-9H2,1H3. The third-order valence-corrected chi connectivity index (χ3v) is 4.65. The molecule has 2 atom stereocenters. The van der Waals surface area contributed by atoms with E-state index in [0.717, 1.165) is 11.4 Å². The molecule has 2 unspecified atom stereocenters. The van der Waals surface area contributed by atoms with Crippen molar-refractivity contribution in [1.29, 1.82) is 0 Å². The third-order valence-electron chi connectivity index (χ3n) is 3.79. The molecule has 1 aromatic rings. The number of nitrogens with one attached hydrogen (secondary N) is 1. The molecule has 17 heavy (non-hydrogen) atoms. The van der Waals surface area contributed by atoms with Gasteiger partial charge in [0, 0.05) is 6.04 Å². The molecule has 1 nitrogen and oxygen atoms in total. The highest BCUT2D eigenvalue weighted by atomic mass is 35.5. The zero-order valence-electron chi connectivity index (χ0n) is 10.2. The quantitative estimate of drug-likeness (QED) is 0.864. The maximum absolute atomic E-state index is 6.25. The molecular formula is C14H19Cl2N. The molecule has 1 aliphatic rings. The van der Waals surface area contributed by atoms with E-state index in [0.29, 0.717) is 17.0 Å². The van der Waals surface area contributed by atoms with Crippen molar-refractivity contribution in [3.05, 3.63) is 33.8 Å². The van der Waals surface area contributed by atoms with Gasteiger partial charge in [0.2, 0.25) is 0 Å². The van der Waals surface area contributed by atoms with Crippen LogP contribution in [0.1, 0.15) is 31.2 Å².